The Morgan fingerprint density at radius 1 is 1.00 bits per heavy atom. The second-order valence-electron chi connectivity index (χ2n) is 6.01. The van der Waals surface area contributed by atoms with E-state index in [1.54, 1.807) is 7.11 Å². The molecular weight excluding hydrogens is 298 g/mol. The molecule has 0 saturated heterocycles. The fourth-order valence-corrected chi connectivity index (χ4v) is 2.78. The topological polar surface area (TPSA) is 38.3 Å². The number of amides is 1. The number of hydrogen-bond acceptors (Lipinski definition) is 2. The van der Waals surface area contributed by atoms with Crippen molar-refractivity contribution in [1.29, 1.82) is 0 Å². The molecule has 0 bridgehead atoms. The number of ether oxygens (including phenoxy) is 1. The minimum Gasteiger partial charge on any atom is -0.496 e. The minimum atomic E-state index is -0.134. The number of hydrogen-bond donors (Lipinski definition) is 1. The lowest BCUT2D eigenvalue weighted by molar-refractivity contribution is 0.0937. The van der Waals surface area contributed by atoms with E-state index in [1.807, 2.05) is 62.4 Å². The Hall–Kier alpha value is -2.81. The molecule has 3 aromatic rings. The van der Waals surface area contributed by atoms with Crippen LogP contribution in [0.2, 0.25) is 0 Å². The first-order chi connectivity index (χ1) is 11.6. The summed E-state index contributed by atoms with van der Waals surface area (Å²) < 4.78 is 5.42. The van der Waals surface area contributed by atoms with Gasteiger partial charge in [-0.1, -0.05) is 54.1 Å². The van der Waals surface area contributed by atoms with Crippen molar-refractivity contribution in [3.05, 3.63) is 77.4 Å². The Kier molecular flexibility index (Phi) is 4.52. The molecule has 122 valence electrons. The van der Waals surface area contributed by atoms with Crippen LogP contribution >= 0.6 is 0 Å². The van der Waals surface area contributed by atoms with Crippen LogP contribution in [0, 0.1) is 6.92 Å². The Labute approximate surface area is 142 Å². The smallest absolute Gasteiger partial charge is 0.255 e. The molecule has 1 unspecified atom stereocenters. The van der Waals surface area contributed by atoms with Gasteiger partial charge in [0.1, 0.15) is 5.75 Å². The monoisotopic (exact) mass is 319 g/mol. The van der Waals surface area contributed by atoms with Crippen LogP contribution < -0.4 is 10.1 Å². The molecule has 3 rings (SSSR count). The van der Waals surface area contributed by atoms with Crippen LogP contribution in [-0.4, -0.2) is 13.0 Å². The molecule has 0 fully saturated rings. The molecule has 0 aliphatic rings. The number of aryl methyl sites for hydroxylation is 1. The summed E-state index contributed by atoms with van der Waals surface area (Å²) in [4.78, 5) is 12.7. The van der Waals surface area contributed by atoms with Crippen LogP contribution in [-0.2, 0) is 0 Å². The van der Waals surface area contributed by atoms with E-state index in [1.165, 1.54) is 5.56 Å². The van der Waals surface area contributed by atoms with Crippen molar-refractivity contribution in [2.45, 2.75) is 19.9 Å². The highest BCUT2D eigenvalue weighted by Crippen LogP contribution is 2.26. The number of rotatable bonds is 4. The van der Waals surface area contributed by atoms with Gasteiger partial charge in [-0.15, -0.1) is 0 Å². The molecule has 0 aliphatic heterocycles. The van der Waals surface area contributed by atoms with E-state index in [0.717, 1.165) is 16.3 Å². The van der Waals surface area contributed by atoms with E-state index in [4.69, 9.17) is 4.74 Å². The molecule has 3 aromatic carbocycles. The lowest BCUT2D eigenvalue weighted by Crippen LogP contribution is -2.27. The lowest BCUT2D eigenvalue weighted by Gasteiger charge is -2.16. The number of methoxy groups -OCH3 is 1. The first kappa shape index (κ1) is 16.1. The molecule has 3 heteroatoms. The predicted molar refractivity (Wildman–Crippen MR) is 97.6 cm³/mol. The van der Waals surface area contributed by atoms with Crippen LogP contribution in [0.4, 0.5) is 0 Å². The van der Waals surface area contributed by atoms with E-state index in [2.05, 4.69) is 17.4 Å². The van der Waals surface area contributed by atoms with Crippen molar-refractivity contribution in [2.75, 3.05) is 7.11 Å². The highest BCUT2D eigenvalue weighted by atomic mass is 16.5. The largest absolute Gasteiger partial charge is 0.496 e. The van der Waals surface area contributed by atoms with Gasteiger partial charge in [0.25, 0.3) is 5.91 Å². The lowest BCUT2D eigenvalue weighted by atomic mass is 10.0. The number of fused-ring (bicyclic) bond motifs is 1. The SMILES string of the molecule is COc1cc2ccccc2cc1C(=O)NC(C)c1ccc(C)cc1. The highest BCUT2D eigenvalue weighted by molar-refractivity contribution is 6.01. The molecule has 24 heavy (non-hydrogen) atoms. The van der Waals surface area contributed by atoms with Gasteiger partial charge in [0.2, 0.25) is 0 Å². The Balaban J connectivity index is 1.88. The minimum absolute atomic E-state index is 0.0747. The third kappa shape index (κ3) is 3.25. The van der Waals surface area contributed by atoms with Gasteiger partial charge in [-0.25, -0.2) is 0 Å². The van der Waals surface area contributed by atoms with Crippen LogP contribution in [0.5, 0.6) is 5.75 Å². The summed E-state index contributed by atoms with van der Waals surface area (Å²) in [7, 11) is 1.59. The van der Waals surface area contributed by atoms with Crippen molar-refractivity contribution in [3.63, 3.8) is 0 Å². The third-order valence-corrected chi connectivity index (χ3v) is 4.24. The summed E-state index contributed by atoms with van der Waals surface area (Å²) in [5, 5.41) is 5.13. The molecule has 0 radical (unpaired) electrons. The molecule has 1 amide bonds. The average molecular weight is 319 g/mol. The molecule has 1 N–H and O–H groups in total. The first-order valence-electron chi connectivity index (χ1n) is 8.02. The maximum Gasteiger partial charge on any atom is 0.255 e. The molecule has 0 saturated carbocycles. The summed E-state index contributed by atoms with van der Waals surface area (Å²) in [6.07, 6.45) is 0. The van der Waals surface area contributed by atoms with Crippen LogP contribution in [0.25, 0.3) is 10.8 Å². The normalized spacial score (nSPS) is 12.0. The zero-order chi connectivity index (χ0) is 17.1. The summed E-state index contributed by atoms with van der Waals surface area (Å²) in [5.74, 6) is 0.452. The van der Waals surface area contributed by atoms with Gasteiger partial charge < -0.3 is 10.1 Å². The number of benzene rings is 3. The van der Waals surface area contributed by atoms with Gasteiger partial charge in [0.15, 0.2) is 0 Å². The number of carbonyl (C=O) groups is 1. The summed E-state index contributed by atoms with van der Waals surface area (Å²) in [6, 6.07) is 19.8. The molecule has 3 nitrogen and oxygen atoms in total. The zero-order valence-electron chi connectivity index (χ0n) is 14.2. The van der Waals surface area contributed by atoms with Gasteiger partial charge in [-0.3, -0.25) is 4.79 Å². The predicted octanol–water partition coefficient (Wildman–Crippen LogP) is 4.65. The Morgan fingerprint density at radius 3 is 2.25 bits per heavy atom. The van der Waals surface area contributed by atoms with Crippen molar-refractivity contribution >= 4 is 16.7 Å². The molecule has 0 aliphatic carbocycles. The van der Waals surface area contributed by atoms with Crippen molar-refractivity contribution in [1.82, 2.24) is 5.32 Å². The average Bonchev–Trinajstić information content (AvgIpc) is 2.61. The second kappa shape index (κ2) is 6.75. The first-order valence-corrected chi connectivity index (χ1v) is 8.02. The number of carbonyl (C=O) groups excluding carboxylic acids is 1. The standard InChI is InChI=1S/C21H21NO2/c1-14-8-10-16(11-9-14)15(2)22-21(23)19-12-17-6-4-5-7-18(17)13-20(19)24-3/h4-13,15H,1-3H3,(H,22,23). The van der Waals surface area contributed by atoms with E-state index >= 15 is 0 Å². The van der Waals surface area contributed by atoms with Crippen LogP contribution in [0.15, 0.2) is 60.7 Å². The Bertz CT molecular complexity index is 869. The van der Waals surface area contributed by atoms with E-state index in [-0.39, 0.29) is 11.9 Å². The highest BCUT2D eigenvalue weighted by Gasteiger charge is 2.16. The van der Waals surface area contributed by atoms with Crippen molar-refractivity contribution in [3.8, 4) is 5.75 Å². The summed E-state index contributed by atoms with van der Waals surface area (Å²) >= 11 is 0. The van der Waals surface area contributed by atoms with Gasteiger partial charge in [0, 0.05) is 0 Å². The quantitative estimate of drug-likeness (QED) is 0.760. The third-order valence-electron chi connectivity index (χ3n) is 4.24. The van der Waals surface area contributed by atoms with Gasteiger partial charge in [-0.2, -0.15) is 0 Å². The van der Waals surface area contributed by atoms with Gasteiger partial charge in [-0.05, 0) is 42.3 Å². The maximum absolute atomic E-state index is 12.7. The second-order valence-corrected chi connectivity index (χ2v) is 6.01. The fourth-order valence-electron chi connectivity index (χ4n) is 2.78. The zero-order valence-corrected chi connectivity index (χ0v) is 14.2. The summed E-state index contributed by atoms with van der Waals surface area (Å²) in [6.45, 7) is 4.03. The van der Waals surface area contributed by atoms with Gasteiger partial charge in [0.05, 0.1) is 18.7 Å². The van der Waals surface area contributed by atoms with E-state index < -0.39 is 0 Å². The molecule has 1 atom stereocenters. The fraction of sp³-hybridized carbons (Fsp3) is 0.190. The van der Waals surface area contributed by atoms with Gasteiger partial charge >= 0.3 is 0 Å². The Morgan fingerprint density at radius 2 is 1.62 bits per heavy atom. The van der Waals surface area contributed by atoms with Crippen molar-refractivity contribution < 1.29 is 9.53 Å². The van der Waals surface area contributed by atoms with Crippen molar-refractivity contribution in [2.24, 2.45) is 0 Å². The molecule has 0 heterocycles. The number of nitrogens with one attached hydrogen (secondary N) is 1. The van der Waals surface area contributed by atoms with Crippen LogP contribution in [0.1, 0.15) is 34.5 Å². The van der Waals surface area contributed by atoms with E-state index in [0.29, 0.717) is 11.3 Å². The molecule has 0 aromatic heterocycles. The van der Waals surface area contributed by atoms with E-state index in [9.17, 15) is 4.79 Å². The summed E-state index contributed by atoms with van der Waals surface area (Å²) in [5.41, 5.74) is 2.83. The maximum atomic E-state index is 12.7. The van der Waals surface area contributed by atoms with Crippen LogP contribution in [0.3, 0.4) is 0 Å². The molecule has 0 spiro atoms. The molecular formula is C21H21NO2.